The van der Waals surface area contributed by atoms with E-state index in [1.54, 1.807) is 49.8 Å². The Morgan fingerprint density at radius 3 is 2.50 bits per heavy atom. The zero-order valence-electron chi connectivity index (χ0n) is 24.8. The Bertz CT molecular complexity index is 1680. The number of carbonyl (C=O) groups is 3. The Balaban J connectivity index is 1.39. The molecule has 5 rings (SSSR count). The Morgan fingerprint density at radius 1 is 1.02 bits per heavy atom. The minimum absolute atomic E-state index is 0.0483. The lowest BCUT2D eigenvalue weighted by Crippen LogP contribution is -2.25. The van der Waals surface area contributed by atoms with Crippen LogP contribution in [-0.4, -0.2) is 58.6 Å². The molecule has 0 saturated carbocycles. The van der Waals surface area contributed by atoms with Crippen molar-refractivity contribution < 1.29 is 28.6 Å². The van der Waals surface area contributed by atoms with Crippen molar-refractivity contribution in [3.63, 3.8) is 0 Å². The van der Waals surface area contributed by atoms with Crippen LogP contribution in [0, 0.1) is 0 Å². The van der Waals surface area contributed by atoms with Crippen LogP contribution in [0.2, 0.25) is 0 Å². The van der Waals surface area contributed by atoms with Crippen LogP contribution < -0.4 is 20.1 Å². The Labute approximate surface area is 263 Å². The van der Waals surface area contributed by atoms with Gasteiger partial charge in [0.05, 0.1) is 49.4 Å². The minimum Gasteiger partial charge on any atom is -0.496 e. The molecule has 0 aliphatic heterocycles. The summed E-state index contributed by atoms with van der Waals surface area (Å²) in [4.78, 5) is 40.4. The molecule has 1 atom stereocenters. The van der Waals surface area contributed by atoms with Crippen molar-refractivity contribution in [2.45, 2.75) is 50.1 Å². The van der Waals surface area contributed by atoms with Crippen LogP contribution in [0.1, 0.15) is 57.2 Å². The number of amides is 2. The molecule has 0 fully saturated rings. The summed E-state index contributed by atoms with van der Waals surface area (Å²) < 4.78 is 18.0. The molecule has 4 aromatic rings. The minimum atomic E-state index is -0.615. The number of nitrogens with one attached hydrogen (secondary N) is 2. The molecule has 1 aliphatic rings. The fourth-order valence-corrected chi connectivity index (χ4v) is 7.13. The number of rotatable bonds is 12. The molecule has 230 valence electrons. The fourth-order valence-electron chi connectivity index (χ4n) is 4.97. The zero-order chi connectivity index (χ0) is 31.2. The molecule has 2 heterocycles. The van der Waals surface area contributed by atoms with Crippen molar-refractivity contribution in [3.8, 4) is 17.2 Å². The third-order valence-corrected chi connectivity index (χ3v) is 9.32. The average molecular weight is 636 g/mol. The number of hydrogen-bond donors (Lipinski definition) is 2. The number of ether oxygens (including phenoxy) is 3. The van der Waals surface area contributed by atoms with Crippen LogP contribution in [0.15, 0.2) is 53.7 Å². The molecule has 0 saturated heterocycles. The van der Waals surface area contributed by atoms with Gasteiger partial charge in [0.25, 0.3) is 5.91 Å². The van der Waals surface area contributed by atoms with E-state index in [1.807, 2.05) is 24.3 Å². The number of thioether (sulfide) groups is 1. The van der Waals surface area contributed by atoms with Gasteiger partial charge < -0.3 is 24.8 Å². The van der Waals surface area contributed by atoms with Crippen LogP contribution in [0.3, 0.4) is 0 Å². The zero-order valence-corrected chi connectivity index (χ0v) is 26.5. The second kappa shape index (κ2) is 14.0. The van der Waals surface area contributed by atoms with Crippen molar-refractivity contribution in [1.82, 2.24) is 20.1 Å². The maximum atomic E-state index is 13.5. The largest absolute Gasteiger partial charge is 0.496 e. The average Bonchev–Trinajstić information content (AvgIpc) is 3.74. The van der Waals surface area contributed by atoms with Crippen LogP contribution >= 0.6 is 23.1 Å². The van der Waals surface area contributed by atoms with Gasteiger partial charge in [0.2, 0.25) is 5.91 Å². The monoisotopic (exact) mass is 635 g/mol. The summed E-state index contributed by atoms with van der Waals surface area (Å²) in [6.07, 6.45) is 2.65. The van der Waals surface area contributed by atoms with Crippen molar-refractivity contribution in [2.24, 2.45) is 0 Å². The van der Waals surface area contributed by atoms with E-state index in [2.05, 4.69) is 20.8 Å². The number of anilines is 1. The van der Waals surface area contributed by atoms with Gasteiger partial charge >= 0.3 is 5.97 Å². The number of esters is 1. The first-order chi connectivity index (χ1) is 21.4. The predicted molar refractivity (Wildman–Crippen MR) is 168 cm³/mol. The van der Waals surface area contributed by atoms with Gasteiger partial charge in [-0.3, -0.25) is 14.2 Å². The first kappa shape index (κ1) is 31.1. The van der Waals surface area contributed by atoms with Crippen molar-refractivity contribution in [2.75, 3.05) is 26.1 Å². The lowest BCUT2D eigenvalue weighted by atomic mass is 10.1. The highest BCUT2D eigenvalue weighted by atomic mass is 32.2. The van der Waals surface area contributed by atoms with Gasteiger partial charge in [-0.05, 0) is 62.9 Å². The van der Waals surface area contributed by atoms with Crippen LogP contribution in [0.25, 0.3) is 5.69 Å². The third kappa shape index (κ3) is 6.43. The topological polar surface area (TPSA) is 134 Å². The van der Waals surface area contributed by atoms with E-state index < -0.39 is 11.2 Å². The van der Waals surface area contributed by atoms with E-state index in [9.17, 15) is 14.4 Å². The third-order valence-electron chi connectivity index (χ3n) is 7.07. The summed E-state index contributed by atoms with van der Waals surface area (Å²) in [7, 11) is 3.07. The number of hydrogen-bond acceptors (Lipinski definition) is 10. The van der Waals surface area contributed by atoms with E-state index in [0.29, 0.717) is 44.3 Å². The smallest absolute Gasteiger partial charge is 0.341 e. The summed E-state index contributed by atoms with van der Waals surface area (Å²) >= 11 is 2.63. The Kier molecular flexibility index (Phi) is 9.85. The highest BCUT2D eigenvalue weighted by Gasteiger charge is 2.30. The highest BCUT2D eigenvalue weighted by molar-refractivity contribution is 8.00. The first-order valence-electron chi connectivity index (χ1n) is 14.1. The Hall–Kier alpha value is -4.36. The number of carbonyl (C=O) groups excluding carboxylic acids is 3. The number of thiophene rings is 1. The molecule has 0 spiro atoms. The first-order valence-corrected chi connectivity index (χ1v) is 15.8. The quantitative estimate of drug-likeness (QED) is 0.162. The number of methoxy groups -OCH3 is 2. The number of para-hydroxylation sites is 3. The standard InChI is InChI=1S/C31H33N5O6S2/c1-5-42-30(39)26-20-12-10-16-24(20)44-29(26)33-27(37)18(2)43-31-35-34-25(36(31)21-13-7-9-15-23(21)41-4)17-32-28(38)19-11-6-8-14-22(19)40-3/h6-9,11,13-15,18H,5,10,12,16-17H2,1-4H3,(H,32,38)(H,33,37)/t18-/m1/s1. The van der Waals surface area contributed by atoms with Crippen LogP contribution in [0.5, 0.6) is 11.5 Å². The summed E-state index contributed by atoms with van der Waals surface area (Å²) in [6.45, 7) is 3.82. The van der Waals surface area contributed by atoms with E-state index in [0.717, 1.165) is 29.7 Å². The summed E-state index contributed by atoms with van der Waals surface area (Å²) in [5, 5.41) is 14.9. The summed E-state index contributed by atoms with van der Waals surface area (Å²) in [6, 6.07) is 14.3. The summed E-state index contributed by atoms with van der Waals surface area (Å²) in [5.74, 6) is 0.413. The normalized spacial score (nSPS) is 12.7. The molecule has 13 heteroatoms. The number of aromatic nitrogens is 3. The SMILES string of the molecule is CCOC(=O)c1c(NC(=O)[C@@H](C)Sc2nnc(CNC(=O)c3ccccc3OC)n2-c2ccccc2OC)sc2c1CCC2. The van der Waals surface area contributed by atoms with E-state index in [-0.39, 0.29) is 25.0 Å². The van der Waals surface area contributed by atoms with E-state index in [4.69, 9.17) is 14.2 Å². The molecule has 2 aromatic carbocycles. The van der Waals surface area contributed by atoms with E-state index in [1.165, 1.54) is 30.2 Å². The van der Waals surface area contributed by atoms with Crippen LogP contribution in [-0.2, 0) is 28.9 Å². The molecule has 44 heavy (non-hydrogen) atoms. The maximum Gasteiger partial charge on any atom is 0.341 e. The fraction of sp³-hybridized carbons (Fsp3) is 0.323. The van der Waals surface area contributed by atoms with Gasteiger partial charge in [-0.2, -0.15) is 0 Å². The molecule has 2 amide bonds. The lowest BCUT2D eigenvalue weighted by molar-refractivity contribution is -0.115. The molecular weight excluding hydrogens is 603 g/mol. The number of aryl methyl sites for hydroxylation is 1. The van der Waals surface area contributed by atoms with Crippen molar-refractivity contribution in [3.05, 3.63) is 75.9 Å². The molecule has 2 aromatic heterocycles. The van der Waals surface area contributed by atoms with E-state index >= 15 is 0 Å². The van der Waals surface area contributed by atoms with Gasteiger partial charge in [0.1, 0.15) is 16.5 Å². The molecule has 0 unspecified atom stereocenters. The lowest BCUT2D eigenvalue weighted by Gasteiger charge is -2.16. The van der Waals surface area contributed by atoms with Gasteiger partial charge in [0.15, 0.2) is 11.0 Å². The van der Waals surface area contributed by atoms with Gasteiger partial charge in [-0.15, -0.1) is 21.5 Å². The molecule has 0 radical (unpaired) electrons. The molecular formula is C31H33N5O6S2. The van der Waals surface area contributed by atoms with Gasteiger partial charge in [-0.1, -0.05) is 36.0 Å². The number of nitrogens with zero attached hydrogens (tertiary/aromatic N) is 3. The molecule has 2 N–H and O–H groups in total. The van der Waals surface area contributed by atoms with Crippen molar-refractivity contribution >= 4 is 45.9 Å². The second-order valence-corrected chi connectivity index (χ2v) is 12.2. The van der Waals surface area contributed by atoms with Gasteiger partial charge in [-0.25, -0.2) is 4.79 Å². The second-order valence-electron chi connectivity index (χ2n) is 9.82. The molecule has 11 nitrogen and oxygen atoms in total. The van der Waals surface area contributed by atoms with Crippen LogP contribution in [0.4, 0.5) is 5.00 Å². The van der Waals surface area contributed by atoms with Gasteiger partial charge in [0, 0.05) is 4.88 Å². The predicted octanol–water partition coefficient (Wildman–Crippen LogP) is 5.06. The highest BCUT2D eigenvalue weighted by Crippen LogP contribution is 2.40. The maximum absolute atomic E-state index is 13.5. The number of benzene rings is 2. The molecule has 1 aliphatic carbocycles. The molecule has 0 bridgehead atoms. The Morgan fingerprint density at radius 2 is 1.75 bits per heavy atom. The summed E-state index contributed by atoms with van der Waals surface area (Å²) in [5.41, 5.74) is 2.47. The van der Waals surface area contributed by atoms with Crippen molar-refractivity contribution in [1.29, 1.82) is 0 Å². The number of fused-ring (bicyclic) bond motifs is 1.